The summed E-state index contributed by atoms with van der Waals surface area (Å²) in [5.74, 6) is -5.60. The van der Waals surface area contributed by atoms with Crippen LogP contribution in [0.15, 0.2) is 35.2 Å². The molecule has 2 aromatic rings. The molecule has 0 aliphatic rings. The number of hydrogen-bond acceptors (Lipinski definition) is 3. The smallest absolute Gasteiger partial charge is 0.255 e. The van der Waals surface area contributed by atoms with Crippen LogP contribution in [0.3, 0.4) is 0 Å². The maximum Gasteiger partial charge on any atom is 0.255 e. The number of nitrogens with zero attached hydrogens (tertiary/aromatic N) is 1. The van der Waals surface area contributed by atoms with Crippen LogP contribution >= 0.6 is 11.6 Å². The number of benzene rings is 2. The normalized spacial score (nSPS) is 11.7. The molecular formula is C17H16ClF3N2O3S. The van der Waals surface area contributed by atoms with Crippen molar-refractivity contribution < 1.29 is 26.4 Å². The lowest BCUT2D eigenvalue weighted by molar-refractivity contribution is 0.102. The summed E-state index contributed by atoms with van der Waals surface area (Å²) in [6.45, 7) is 3.70. The Labute approximate surface area is 159 Å². The highest BCUT2D eigenvalue weighted by Crippen LogP contribution is 2.27. The van der Waals surface area contributed by atoms with Gasteiger partial charge in [0.15, 0.2) is 17.5 Å². The van der Waals surface area contributed by atoms with E-state index in [1.54, 1.807) is 13.8 Å². The molecule has 0 aliphatic heterocycles. The standard InChI is InChI=1S/C17H16ClF3N2O3S/c1-3-23(4-2)27(25,26)14-9-10(5-6-11(14)18)17(24)22-13-8-7-12(19)15(20)16(13)21/h5-9H,3-4H2,1-2H3,(H,22,24). The van der Waals surface area contributed by atoms with Gasteiger partial charge in [0.25, 0.3) is 5.91 Å². The van der Waals surface area contributed by atoms with E-state index in [4.69, 9.17) is 11.6 Å². The Hall–Kier alpha value is -2.10. The molecule has 0 aromatic heterocycles. The van der Waals surface area contributed by atoms with E-state index in [9.17, 15) is 26.4 Å². The molecule has 27 heavy (non-hydrogen) atoms. The summed E-state index contributed by atoms with van der Waals surface area (Å²) in [5, 5.41) is 1.99. The number of amides is 1. The molecule has 0 bridgehead atoms. The Morgan fingerprint density at radius 1 is 1.07 bits per heavy atom. The lowest BCUT2D eigenvalue weighted by Crippen LogP contribution is -2.31. The second-order valence-corrected chi connectivity index (χ2v) is 7.73. The van der Waals surface area contributed by atoms with Gasteiger partial charge in [-0.1, -0.05) is 25.4 Å². The van der Waals surface area contributed by atoms with Gasteiger partial charge in [0.2, 0.25) is 10.0 Å². The lowest BCUT2D eigenvalue weighted by Gasteiger charge is -2.19. The van der Waals surface area contributed by atoms with Crippen LogP contribution in [0.4, 0.5) is 18.9 Å². The highest BCUT2D eigenvalue weighted by atomic mass is 35.5. The van der Waals surface area contributed by atoms with Crippen molar-refractivity contribution >= 4 is 33.2 Å². The maximum absolute atomic E-state index is 13.7. The van der Waals surface area contributed by atoms with Crippen LogP contribution in [0.5, 0.6) is 0 Å². The molecule has 2 rings (SSSR count). The van der Waals surface area contributed by atoms with E-state index in [-0.39, 0.29) is 28.6 Å². The zero-order valence-corrected chi connectivity index (χ0v) is 16.0. The zero-order chi connectivity index (χ0) is 20.4. The summed E-state index contributed by atoms with van der Waals surface area (Å²) >= 11 is 5.98. The van der Waals surface area contributed by atoms with Gasteiger partial charge in [-0.05, 0) is 30.3 Å². The van der Waals surface area contributed by atoms with Gasteiger partial charge in [-0.2, -0.15) is 4.31 Å². The minimum Gasteiger partial charge on any atom is -0.319 e. The molecule has 146 valence electrons. The summed E-state index contributed by atoms with van der Waals surface area (Å²) in [4.78, 5) is 12.0. The van der Waals surface area contributed by atoms with Crippen LogP contribution in [0.25, 0.3) is 0 Å². The van der Waals surface area contributed by atoms with Crippen LogP contribution in [0.1, 0.15) is 24.2 Å². The topological polar surface area (TPSA) is 66.5 Å². The average Bonchev–Trinajstić information content (AvgIpc) is 2.63. The van der Waals surface area contributed by atoms with Gasteiger partial charge < -0.3 is 5.32 Å². The zero-order valence-electron chi connectivity index (χ0n) is 14.4. The molecule has 0 fully saturated rings. The van der Waals surface area contributed by atoms with Gasteiger partial charge in [0.1, 0.15) is 4.90 Å². The third-order valence-corrected chi connectivity index (χ3v) is 6.33. The molecule has 1 N–H and O–H groups in total. The van der Waals surface area contributed by atoms with Crippen molar-refractivity contribution in [2.24, 2.45) is 0 Å². The quantitative estimate of drug-likeness (QED) is 0.717. The predicted octanol–water partition coefficient (Wildman–Crippen LogP) is 4.04. The molecule has 10 heteroatoms. The molecule has 5 nitrogen and oxygen atoms in total. The van der Waals surface area contributed by atoms with Gasteiger partial charge in [-0.3, -0.25) is 4.79 Å². The lowest BCUT2D eigenvalue weighted by atomic mass is 10.2. The van der Waals surface area contributed by atoms with Gasteiger partial charge >= 0.3 is 0 Å². The molecule has 0 radical (unpaired) electrons. The number of carbonyl (C=O) groups excluding carboxylic acids is 1. The number of hydrogen-bond donors (Lipinski definition) is 1. The van der Waals surface area contributed by atoms with Crippen molar-refractivity contribution in [3.63, 3.8) is 0 Å². The summed E-state index contributed by atoms with van der Waals surface area (Å²) in [6, 6.07) is 5.01. The number of rotatable bonds is 6. The fourth-order valence-corrected chi connectivity index (χ4v) is 4.32. The largest absolute Gasteiger partial charge is 0.319 e. The third-order valence-electron chi connectivity index (χ3n) is 3.80. The molecule has 1 amide bonds. The summed E-state index contributed by atoms with van der Waals surface area (Å²) < 4.78 is 66.4. The number of anilines is 1. The first kappa shape index (κ1) is 21.2. The highest BCUT2D eigenvalue weighted by molar-refractivity contribution is 7.89. The molecule has 0 unspecified atom stereocenters. The number of halogens is 4. The Morgan fingerprint density at radius 2 is 1.70 bits per heavy atom. The van der Waals surface area contributed by atoms with Crippen molar-refractivity contribution in [3.05, 3.63) is 58.4 Å². The molecule has 2 aromatic carbocycles. The average molecular weight is 421 g/mol. The summed E-state index contributed by atoms with van der Waals surface area (Å²) in [7, 11) is -3.94. The fourth-order valence-electron chi connectivity index (χ4n) is 2.36. The maximum atomic E-state index is 13.7. The van der Waals surface area contributed by atoms with Crippen molar-refractivity contribution in [2.45, 2.75) is 18.7 Å². The first-order chi connectivity index (χ1) is 12.6. The molecule has 0 saturated heterocycles. The fraction of sp³-hybridized carbons (Fsp3) is 0.235. The van der Waals surface area contributed by atoms with Gasteiger partial charge in [0, 0.05) is 18.7 Å². The first-order valence-electron chi connectivity index (χ1n) is 7.88. The van der Waals surface area contributed by atoms with E-state index in [1.165, 1.54) is 12.1 Å². The van der Waals surface area contributed by atoms with E-state index >= 15 is 0 Å². The summed E-state index contributed by atoms with van der Waals surface area (Å²) in [5.41, 5.74) is -0.726. The van der Waals surface area contributed by atoms with Crippen molar-refractivity contribution in [3.8, 4) is 0 Å². The Kier molecular flexibility index (Phi) is 6.50. The Balaban J connectivity index is 2.41. The molecular weight excluding hydrogens is 405 g/mol. The van der Waals surface area contributed by atoms with Crippen LogP contribution in [0.2, 0.25) is 5.02 Å². The van der Waals surface area contributed by atoms with Crippen molar-refractivity contribution in [1.82, 2.24) is 4.31 Å². The van der Waals surface area contributed by atoms with E-state index < -0.39 is 39.1 Å². The molecule has 0 heterocycles. The first-order valence-corrected chi connectivity index (χ1v) is 9.69. The van der Waals surface area contributed by atoms with Gasteiger partial charge in [-0.15, -0.1) is 0 Å². The third kappa shape index (κ3) is 4.26. The minimum absolute atomic E-state index is 0.0857. The molecule has 0 atom stereocenters. The molecule has 0 aliphatic carbocycles. The van der Waals surface area contributed by atoms with Crippen molar-refractivity contribution in [2.75, 3.05) is 18.4 Å². The highest BCUT2D eigenvalue weighted by Gasteiger charge is 2.26. The SMILES string of the molecule is CCN(CC)S(=O)(=O)c1cc(C(=O)Nc2ccc(F)c(F)c2F)ccc1Cl. The van der Waals surface area contributed by atoms with E-state index in [0.29, 0.717) is 6.07 Å². The van der Waals surface area contributed by atoms with Crippen LogP contribution in [-0.2, 0) is 10.0 Å². The van der Waals surface area contributed by atoms with Gasteiger partial charge in [0.05, 0.1) is 10.7 Å². The Bertz CT molecular complexity index is 980. The number of sulfonamides is 1. The Morgan fingerprint density at radius 3 is 2.30 bits per heavy atom. The minimum atomic E-state index is -3.94. The predicted molar refractivity (Wildman–Crippen MR) is 95.8 cm³/mol. The number of carbonyl (C=O) groups is 1. The monoisotopic (exact) mass is 420 g/mol. The molecule has 0 saturated carbocycles. The van der Waals surface area contributed by atoms with Crippen molar-refractivity contribution in [1.29, 1.82) is 0 Å². The second kappa shape index (κ2) is 8.28. The van der Waals surface area contributed by atoms with Crippen LogP contribution in [-0.4, -0.2) is 31.7 Å². The summed E-state index contributed by atoms with van der Waals surface area (Å²) in [6.07, 6.45) is 0. The van der Waals surface area contributed by atoms with E-state index in [1.807, 2.05) is 0 Å². The van der Waals surface area contributed by atoms with Crippen LogP contribution in [0, 0.1) is 17.5 Å². The van der Waals surface area contributed by atoms with E-state index in [2.05, 4.69) is 5.32 Å². The second-order valence-electron chi connectivity index (χ2n) is 5.41. The van der Waals surface area contributed by atoms with E-state index in [0.717, 1.165) is 16.4 Å². The number of nitrogens with one attached hydrogen (secondary N) is 1. The van der Waals surface area contributed by atoms with Crippen LogP contribution < -0.4 is 5.32 Å². The van der Waals surface area contributed by atoms with Gasteiger partial charge in [-0.25, -0.2) is 21.6 Å². The molecule has 0 spiro atoms.